The fourth-order valence-corrected chi connectivity index (χ4v) is 2.75. The van der Waals surface area contributed by atoms with Gasteiger partial charge < -0.3 is 4.74 Å². The summed E-state index contributed by atoms with van der Waals surface area (Å²) in [5.41, 5.74) is 0. The van der Waals surface area contributed by atoms with Crippen molar-refractivity contribution in [3.63, 3.8) is 0 Å². The molecule has 0 atom stereocenters. The van der Waals surface area contributed by atoms with Gasteiger partial charge in [0.1, 0.15) is 0 Å². The third-order valence-corrected chi connectivity index (χ3v) is 4.14. The molecule has 0 aliphatic rings. The highest BCUT2D eigenvalue weighted by atomic mass is 79.9. The first-order valence-corrected chi connectivity index (χ1v) is 9.59. The lowest BCUT2D eigenvalue weighted by molar-refractivity contribution is -0.141. The topological polar surface area (TPSA) is 26.3 Å². The van der Waals surface area contributed by atoms with Gasteiger partial charge in [0.15, 0.2) is 0 Å². The van der Waals surface area contributed by atoms with Gasteiger partial charge in [0, 0.05) is 12.3 Å². The fraction of sp³-hybridized carbons (Fsp3) is 0.941. The van der Waals surface area contributed by atoms with Gasteiger partial charge in [-0.25, -0.2) is 0 Å². The van der Waals surface area contributed by atoms with Crippen molar-refractivity contribution >= 4 is 21.9 Å². The molecule has 0 aromatic carbocycles. The van der Waals surface area contributed by atoms with Gasteiger partial charge in [0.2, 0.25) is 0 Å². The van der Waals surface area contributed by atoms with Gasteiger partial charge in [-0.15, -0.1) is 0 Å². The van der Waals surface area contributed by atoms with Gasteiger partial charge in [-0.2, -0.15) is 0 Å². The van der Waals surface area contributed by atoms with E-state index in [-0.39, 0.29) is 5.97 Å². The van der Waals surface area contributed by atoms with E-state index < -0.39 is 0 Å². The Bertz CT molecular complexity index is 207. The SMILES string of the molecule is CC(=O)OCCCCCCCCCCCCCCCBr. The molecule has 0 rings (SSSR count). The molecule has 0 saturated carbocycles. The number of ether oxygens (including phenoxy) is 1. The maximum absolute atomic E-state index is 10.6. The minimum atomic E-state index is -0.155. The largest absolute Gasteiger partial charge is 0.466 e. The average Bonchev–Trinajstić information content (AvgIpc) is 2.43. The van der Waals surface area contributed by atoms with E-state index in [1.807, 2.05) is 0 Å². The van der Waals surface area contributed by atoms with E-state index in [0.717, 1.165) is 11.8 Å². The Morgan fingerprint density at radius 1 is 0.700 bits per heavy atom. The highest BCUT2D eigenvalue weighted by Crippen LogP contribution is 2.12. The zero-order valence-corrected chi connectivity index (χ0v) is 14.9. The lowest BCUT2D eigenvalue weighted by atomic mass is 10.0. The number of carbonyl (C=O) groups is 1. The summed E-state index contributed by atoms with van der Waals surface area (Å²) in [6.45, 7) is 2.08. The Kier molecular flexibility index (Phi) is 17.0. The number of hydrogen-bond donors (Lipinski definition) is 0. The van der Waals surface area contributed by atoms with Crippen molar-refractivity contribution in [1.29, 1.82) is 0 Å². The summed E-state index contributed by atoms with van der Waals surface area (Å²) in [4.78, 5) is 10.6. The van der Waals surface area contributed by atoms with Crippen LogP contribution in [0, 0.1) is 0 Å². The molecule has 0 amide bonds. The van der Waals surface area contributed by atoms with Crippen molar-refractivity contribution in [2.24, 2.45) is 0 Å². The summed E-state index contributed by atoms with van der Waals surface area (Å²) in [7, 11) is 0. The second-order valence-electron chi connectivity index (χ2n) is 5.63. The summed E-state index contributed by atoms with van der Waals surface area (Å²) in [6, 6.07) is 0. The normalized spacial score (nSPS) is 10.7. The van der Waals surface area contributed by atoms with Gasteiger partial charge in [-0.05, 0) is 12.8 Å². The Morgan fingerprint density at radius 2 is 1.05 bits per heavy atom. The summed E-state index contributed by atoms with van der Waals surface area (Å²) >= 11 is 3.47. The highest BCUT2D eigenvalue weighted by Gasteiger charge is 1.95. The van der Waals surface area contributed by atoms with E-state index in [1.54, 1.807) is 0 Å². The molecule has 0 fully saturated rings. The molecule has 0 heterocycles. The molecule has 0 radical (unpaired) electrons. The van der Waals surface area contributed by atoms with Crippen molar-refractivity contribution in [2.45, 2.75) is 90.4 Å². The monoisotopic (exact) mass is 348 g/mol. The Morgan fingerprint density at radius 3 is 1.40 bits per heavy atom. The van der Waals surface area contributed by atoms with Crippen molar-refractivity contribution in [3.8, 4) is 0 Å². The van der Waals surface area contributed by atoms with Crippen LogP contribution < -0.4 is 0 Å². The summed E-state index contributed by atoms with van der Waals surface area (Å²) in [5.74, 6) is -0.155. The molecule has 0 saturated heterocycles. The van der Waals surface area contributed by atoms with Crippen molar-refractivity contribution in [3.05, 3.63) is 0 Å². The Balaban J connectivity index is 2.94. The average molecular weight is 349 g/mol. The quantitative estimate of drug-likeness (QED) is 0.205. The Labute approximate surface area is 134 Å². The van der Waals surface area contributed by atoms with E-state index in [4.69, 9.17) is 4.74 Å². The molecule has 120 valence electrons. The summed E-state index contributed by atoms with van der Waals surface area (Å²) in [6.07, 6.45) is 17.4. The van der Waals surface area contributed by atoms with Crippen molar-refractivity contribution in [1.82, 2.24) is 0 Å². The van der Waals surface area contributed by atoms with E-state index in [2.05, 4.69) is 15.9 Å². The smallest absolute Gasteiger partial charge is 0.302 e. The maximum atomic E-state index is 10.6. The van der Waals surface area contributed by atoms with Crippen LogP contribution in [0.3, 0.4) is 0 Å². The number of carbonyl (C=O) groups excluding carboxylic acids is 1. The molecule has 0 aliphatic carbocycles. The summed E-state index contributed by atoms with van der Waals surface area (Å²) < 4.78 is 4.91. The first kappa shape index (κ1) is 19.9. The van der Waals surface area contributed by atoms with Crippen LogP contribution in [0.4, 0.5) is 0 Å². The van der Waals surface area contributed by atoms with Crippen LogP contribution in [-0.2, 0) is 9.53 Å². The van der Waals surface area contributed by atoms with Crippen LogP contribution in [0.15, 0.2) is 0 Å². The number of alkyl halides is 1. The number of esters is 1. The van der Waals surface area contributed by atoms with Gasteiger partial charge in [-0.1, -0.05) is 86.6 Å². The van der Waals surface area contributed by atoms with Crippen LogP contribution in [0.25, 0.3) is 0 Å². The zero-order valence-electron chi connectivity index (χ0n) is 13.3. The zero-order chi connectivity index (χ0) is 14.9. The number of unbranched alkanes of at least 4 members (excludes halogenated alkanes) is 12. The van der Waals surface area contributed by atoms with Crippen LogP contribution in [-0.4, -0.2) is 17.9 Å². The molecule has 0 aromatic rings. The van der Waals surface area contributed by atoms with E-state index in [9.17, 15) is 4.79 Å². The van der Waals surface area contributed by atoms with Crippen LogP contribution in [0.5, 0.6) is 0 Å². The van der Waals surface area contributed by atoms with Crippen molar-refractivity contribution in [2.75, 3.05) is 11.9 Å². The lowest BCUT2D eigenvalue weighted by Gasteiger charge is -2.03. The minimum absolute atomic E-state index is 0.155. The third-order valence-electron chi connectivity index (χ3n) is 3.58. The van der Waals surface area contributed by atoms with Gasteiger partial charge in [-0.3, -0.25) is 4.79 Å². The molecule has 3 heteroatoms. The predicted octanol–water partition coefficient (Wildman–Crippen LogP) is 6.02. The van der Waals surface area contributed by atoms with Crippen LogP contribution in [0.1, 0.15) is 90.4 Å². The van der Waals surface area contributed by atoms with Gasteiger partial charge >= 0.3 is 5.97 Å². The fourth-order valence-electron chi connectivity index (χ4n) is 2.36. The summed E-state index contributed by atoms with van der Waals surface area (Å²) in [5, 5.41) is 1.16. The Hall–Kier alpha value is -0.0500. The maximum Gasteiger partial charge on any atom is 0.302 e. The molecular formula is C17H33BrO2. The van der Waals surface area contributed by atoms with Gasteiger partial charge in [0.25, 0.3) is 0 Å². The molecule has 20 heavy (non-hydrogen) atoms. The van der Waals surface area contributed by atoms with Crippen LogP contribution >= 0.6 is 15.9 Å². The van der Waals surface area contributed by atoms with E-state index >= 15 is 0 Å². The minimum Gasteiger partial charge on any atom is -0.466 e. The predicted molar refractivity (Wildman–Crippen MR) is 90.4 cm³/mol. The molecule has 0 spiro atoms. The number of halogens is 1. The molecule has 0 N–H and O–H groups in total. The standard InChI is InChI=1S/C17H33BrO2/c1-17(19)20-16-14-12-10-8-6-4-2-3-5-7-9-11-13-15-18/h2-16H2,1H3. The molecule has 0 aliphatic heterocycles. The first-order valence-electron chi connectivity index (χ1n) is 8.46. The molecule has 0 aromatic heterocycles. The van der Waals surface area contributed by atoms with Crippen LogP contribution in [0.2, 0.25) is 0 Å². The number of rotatable bonds is 15. The highest BCUT2D eigenvalue weighted by molar-refractivity contribution is 9.09. The molecule has 0 bridgehead atoms. The van der Waals surface area contributed by atoms with Gasteiger partial charge in [0.05, 0.1) is 6.61 Å². The second kappa shape index (κ2) is 17.0. The second-order valence-corrected chi connectivity index (χ2v) is 6.42. The lowest BCUT2D eigenvalue weighted by Crippen LogP contribution is -2.00. The van der Waals surface area contributed by atoms with E-state index in [0.29, 0.717) is 6.61 Å². The molecule has 0 unspecified atom stereocenters. The third kappa shape index (κ3) is 17.9. The first-order chi connectivity index (χ1) is 9.77. The van der Waals surface area contributed by atoms with E-state index in [1.165, 1.54) is 84.0 Å². The number of hydrogen-bond acceptors (Lipinski definition) is 2. The molecular weight excluding hydrogens is 316 g/mol. The molecule has 2 nitrogen and oxygen atoms in total. The van der Waals surface area contributed by atoms with Crippen molar-refractivity contribution < 1.29 is 9.53 Å².